The van der Waals surface area contributed by atoms with E-state index in [1.807, 2.05) is 18.2 Å². The predicted octanol–water partition coefficient (Wildman–Crippen LogP) is 4.78. The van der Waals surface area contributed by atoms with Crippen molar-refractivity contribution in [3.63, 3.8) is 0 Å². The van der Waals surface area contributed by atoms with Crippen molar-refractivity contribution in [2.24, 2.45) is 0 Å². The molecule has 1 N–H and O–H groups in total. The lowest BCUT2D eigenvalue weighted by atomic mass is 10.1. The molecule has 0 spiro atoms. The number of imidazole rings is 1. The largest absolute Gasteiger partial charge is 0.467 e. The van der Waals surface area contributed by atoms with Crippen LogP contribution in [0.5, 0.6) is 0 Å². The summed E-state index contributed by atoms with van der Waals surface area (Å²) in [6.45, 7) is 3.91. The SMILES string of the molecule is O=C(Nc1nc2cc(C(F)(F)F)ccc2n1Cc1ccco1)c1cccc(CN2CCOCC2)c1. The van der Waals surface area contributed by atoms with Gasteiger partial charge in [-0.15, -0.1) is 0 Å². The summed E-state index contributed by atoms with van der Waals surface area (Å²) >= 11 is 0. The molecule has 1 aliphatic heterocycles. The van der Waals surface area contributed by atoms with Crippen molar-refractivity contribution in [1.29, 1.82) is 0 Å². The number of fused-ring (bicyclic) bond motifs is 1. The number of nitrogens with one attached hydrogen (secondary N) is 1. The van der Waals surface area contributed by atoms with E-state index < -0.39 is 17.6 Å². The molecule has 0 radical (unpaired) electrons. The van der Waals surface area contributed by atoms with E-state index in [9.17, 15) is 18.0 Å². The average molecular weight is 484 g/mol. The standard InChI is InChI=1S/C25H23F3N4O3/c26-25(27,28)19-6-7-22-21(14-19)29-24(32(22)16-20-5-2-10-35-20)30-23(33)18-4-1-3-17(13-18)15-31-8-11-34-12-9-31/h1-7,10,13-14H,8-9,11-12,15-16H2,(H,29,30,33). The number of hydrogen-bond donors (Lipinski definition) is 1. The Balaban J connectivity index is 1.43. The van der Waals surface area contributed by atoms with E-state index in [0.717, 1.165) is 30.8 Å². The Morgan fingerprint density at radius 1 is 1.03 bits per heavy atom. The zero-order chi connectivity index (χ0) is 24.4. The minimum Gasteiger partial charge on any atom is -0.467 e. The maximum absolute atomic E-state index is 13.2. The maximum atomic E-state index is 13.2. The number of hydrogen-bond acceptors (Lipinski definition) is 5. The monoisotopic (exact) mass is 484 g/mol. The number of anilines is 1. The number of benzene rings is 2. The van der Waals surface area contributed by atoms with E-state index in [2.05, 4.69) is 15.2 Å². The third-order valence-electron chi connectivity index (χ3n) is 5.89. The number of halogens is 3. The van der Waals surface area contributed by atoms with Crippen molar-refractivity contribution in [2.45, 2.75) is 19.3 Å². The van der Waals surface area contributed by atoms with Gasteiger partial charge in [0.25, 0.3) is 5.91 Å². The number of amides is 1. The first kappa shape index (κ1) is 23.1. The van der Waals surface area contributed by atoms with Gasteiger partial charge in [0, 0.05) is 25.2 Å². The van der Waals surface area contributed by atoms with Crippen LogP contribution in [0.25, 0.3) is 11.0 Å². The number of alkyl halides is 3. The summed E-state index contributed by atoms with van der Waals surface area (Å²) in [4.78, 5) is 19.7. The molecule has 1 aliphatic rings. The normalized spacial score (nSPS) is 14.9. The van der Waals surface area contributed by atoms with Gasteiger partial charge in [-0.1, -0.05) is 12.1 Å². The van der Waals surface area contributed by atoms with Gasteiger partial charge in [-0.25, -0.2) is 4.98 Å². The van der Waals surface area contributed by atoms with Gasteiger partial charge in [0.05, 0.1) is 42.6 Å². The lowest BCUT2D eigenvalue weighted by Gasteiger charge is -2.26. The summed E-state index contributed by atoms with van der Waals surface area (Å²) in [6.07, 6.45) is -2.99. The minimum atomic E-state index is -4.50. The van der Waals surface area contributed by atoms with Crippen LogP contribution in [0.15, 0.2) is 65.3 Å². The second-order valence-corrected chi connectivity index (χ2v) is 8.35. The van der Waals surface area contributed by atoms with Gasteiger partial charge >= 0.3 is 6.18 Å². The van der Waals surface area contributed by atoms with Crippen LogP contribution in [-0.4, -0.2) is 46.7 Å². The van der Waals surface area contributed by atoms with Gasteiger partial charge in [0.15, 0.2) is 0 Å². The van der Waals surface area contributed by atoms with Crippen LogP contribution in [0, 0.1) is 0 Å². The van der Waals surface area contributed by atoms with Gasteiger partial charge in [0.2, 0.25) is 5.95 Å². The number of rotatable bonds is 6. The number of nitrogens with zero attached hydrogens (tertiary/aromatic N) is 3. The van der Waals surface area contributed by atoms with E-state index >= 15 is 0 Å². The first-order valence-corrected chi connectivity index (χ1v) is 11.2. The molecule has 0 atom stereocenters. The second-order valence-electron chi connectivity index (χ2n) is 8.35. The fraction of sp³-hybridized carbons (Fsp3) is 0.280. The van der Waals surface area contributed by atoms with E-state index in [0.29, 0.717) is 36.6 Å². The van der Waals surface area contributed by atoms with Crippen LogP contribution < -0.4 is 5.32 Å². The molecule has 1 fully saturated rings. The van der Waals surface area contributed by atoms with Crippen molar-refractivity contribution in [1.82, 2.24) is 14.5 Å². The maximum Gasteiger partial charge on any atom is 0.416 e. The van der Waals surface area contributed by atoms with Gasteiger partial charge in [-0.2, -0.15) is 13.2 Å². The molecule has 3 heterocycles. The molecule has 1 saturated heterocycles. The summed E-state index contributed by atoms with van der Waals surface area (Å²) in [6, 6.07) is 14.1. The smallest absolute Gasteiger partial charge is 0.416 e. The molecule has 5 rings (SSSR count). The molecular formula is C25H23F3N4O3. The highest BCUT2D eigenvalue weighted by Gasteiger charge is 2.31. The molecule has 1 amide bonds. The Hall–Kier alpha value is -3.63. The molecule has 0 saturated carbocycles. The first-order chi connectivity index (χ1) is 16.9. The molecule has 35 heavy (non-hydrogen) atoms. The minimum absolute atomic E-state index is 0.128. The Bertz CT molecular complexity index is 1330. The molecule has 2 aromatic carbocycles. The summed E-state index contributed by atoms with van der Waals surface area (Å²) in [7, 11) is 0. The summed E-state index contributed by atoms with van der Waals surface area (Å²) < 4.78 is 52.1. The van der Waals surface area contributed by atoms with Gasteiger partial charge in [0.1, 0.15) is 5.76 Å². The first-order valence-electron chi connectivity index (χ1n) is 11.2. The Morgan fingerprint density at radius 2 is 1.86 bits per heavy atom. The van der Waals surface area contributed by atoms with Crippen molar-refractivity contribution < 1.29 is 27.1 Å². The Morgan fingerprint density at radius 3 is 2.60 bits per heavy atom. The van der Waals surface area contributed by atoms with E-state index in [1.54, 1.807) is 22.8 Å². The zero-order valence-electron chi connectivity index (χ0n) is 18.7. The van der Waals surface area contributed by atoms with E-state index in [-0.39, 0.29) is 18.0 Å². The fourth-order valence-electron chi connectivity index (χ4n) is 4.12. The lowest BCUT2D eigenvalue weighted by Crippen LogP contribution is -2.35. The van der Waals surface area contributed by atoms with Crippen molar-refractivity contribution in [3.8, 4) is 0 Å². The number of aromatic nitrogens is 2. The number of ether oxygens (including phenoxy) is 1. The quantitative estimate of drug-likeness (QED) is 0.427. The number of furan rings is 1. The molecule has 0 unspecified atom stereocenters. The Kier molecular flexibility index (Phi) is 6.31. The molecule has 4 aromatic rings. The van der Waals surface area contributed by atoms with E-state index in [1.165, 1.54) is 12.3 Å². The van der Waals surface area contributed by atoms with Crippen LogP contribution in [0.1, 0.15) is 27.2 Å². The Labute approximate surface area is 199 Å². The summed E-state index contributed by atoms with van der Waals surface area (Å²) in [5, 5.41) is 2.77. The van der Waals surface area contributed by atoms with Gasteiger partial charge in [-0.05, 0) is 48.0 Å². The predicted molar refractivity (Wildman–Crippen MR) is 123 cm³/mol. The molecule has 182 valence electrons. The molecule has 2 aromatic heterocycles. The third kappa shape index (κ3) is 5.23. The van der Waals surface area contributed by atoms with Crippen molar-refractivity contribution in [3.05, 3.63) is 83.3 Å². The molecule has 0 bridgehead atoms. The van der Waals surface area contributed by atoms with Crippen LogP contribution in [0.4, 0.5) is 19.1 Å². The number of carbonyl (C=O) groups is 1. The number of carbonyl (C=O) groups excluding carboxylic acids is 1. The summed E-state index contributed by atoms with van der Waals surface area (Å²) in [5.74, 6) is 0.312. The molecule has 7 nitrogen and oxygen atoms in total. The zero-order valence-corrected chi connectivity index (χ0v) is 18.7. The third-order valence-corrected chi connectivity index (χ3v) is 5.89. The second kappa shape index (κ2) is 9.55. The van der Waals surface area contributed by atoms with Crippen molar-refractivity contribution in [2.75, 3.05) is 31.6 Å². The van der Waals surface area contributed by atoms with Crippen LogP contribution >= 0.6 is 0 Å². The lowest BCUT2D eigenvalue weighted by molar-refractivity contribution is -0.137. The molecule has 10 heteroatoms. The summed E-state index contributed by atoms with van der Waals surface area (Å²) in [5.41, 5.74) is 1.19. The van der Waals surface area contributed by atoms with Crippen LogP contribution in [0.2, 0.25) is 0 Å². The molecular weight excluding hydrogens is 461 g/mol. The highest BCUT2D eigenvalue weighted by molar-refractivity contribution is 6.04. The van der Waals surface area contributed by atoms with Crippen LogP contribution in [-0.2, 0) is 24.0 Å². The van der Waals surface area contributed by atoms with Gasteiger partial charge < -0.3 is 13.7 Å². The van der Waals surface area contributed by atoms with E-state index in [4.69, 9.17) is 9.15 Å². The average Bonchev–Trinajstić information content (AvgIpc) is 3.47. The highest BCUT2D eigenvalue weighted by Crippen LogP contribution is 2.32. The molecule has 0 aliphatic carbocycles. The van der Waals surface area contributed by atoms with Crippen LogP contribution in [0.3, 0.4) is 0 Å². The van der Waals surface area contributed by atoms with Gasteiger partial charge in [-0.3, -0.25) is 15.0 Å². The topological polar surface area (TPSA) is 72.5 Å². The number of morpholine rings is 1. The highest BCUT2D eigenvalue weighted by atomic mass is 19.4. The fourth-order valence-corrected chi connectivity index (χ4v) is 4.12. The van der Waals surface area contributed by atoms with Crippen molar-refractivity contribution >= 4 is 22.9 Å².